The summed E-state index contributed by atoms with van der Waals surface area (Å²) in [7, 11) is 4.04. The summed E-state index contributed by atoms with van der Waals surface area (Å²) in [5, 5.41) is 0. The lowest BCUT2D eigenvalue weighted by Gasteiger charge is -2.32. The molecular formula is C11H20N4O. The lowest BCUT2D eigenvalue weighted by molar-refractivity contribution is 0.110. The predicted molar refractivity (Wildman–Crippen MR) is 64.4 cm³/mol. The first-order valence-corrected chi connectivity index (χ1v) is 5.22. The summed E-state index contributed by atoms with van der Waals surface area (Å²) < 4.78 is 5.67. The van der Waals surface area contributed by atoms with Crippen molar-refractivity contribution in [2.24, 2.45) is 0 Å². The van der Waals surface area contributed by atoms with E-state index in [0.29, 0.717) is 18.3 Å². The Kier molecular flexibility index (Phi) is 3.70. The molecule has 0 amide bonds. The van der Waals surface area contributed by atoms with Crippen molar-refractivity contribution in [2.75, 3.05) is 26.4 Å². The summed E-state index contributed by atoms with van der Waals surface area (Å²) in [6.45, 7) is 6.62. The van der Waals surface area contributed by atoms with Crippen molar-refractivity contribution < 1.29 is 4.74 Å². The zero-order valence-electron chi connectivity index (χ0n) is 10.6. The number of anilines is 1. The topological polar surface area (TPSA) is 64.3 Å². The minimum Gasteiger partial charge on any atom is -0.475 e. The molecule has 0 fully saturated rings. The SMILES string of the molecule is Cc1c(N)ncnc1OCC(C)(C)N(C)C. The molecular weight excluding hydrogens is 204 g/mol. The largest absolute Gasteiger partial charge is 0.475 e. The van der Waals surface area contributed by atoms with Crippen molar-refractivity contribution >= 4 is 5.82 Å². The highest BCUT2D eigenvalue weighted by Gasteiger charge is 2.22. The molecule has 0 unspecified atom stereocenters. The van der Waals surface area contributed by atoms with Gasteiger partial charge < -0.3 is 15.4 Å². The second-order valence-corrected chi connectivity index (χ2v) is 4.68. The van der Waals surface area contributed by atoms with Gasteiger partial charge in [-0.2, -0.15) is 0 Å². The Labute approximate surface area is 96.6 Å². The van der Waals surface area contributed by atoms with Gasteiger partial charge in [-0.05, 0) is 34.9 Å². The summed E-state index contributed by atoms with van der Waals surface area (Å²) >= 11 is 0. The molecule has 0 saturated heterocycles. The maximum Gasteiger partial charge on any atom is 0.221 e. The number of nitrogen functional groups attached to an aromatic ring is 1. The third kappa shape index (κ3) is 2.82. The number of ether oxygens (including phenoxy) is 1. The second-order valence-electron chi connectivity index (χ2n) is 4.68. The van der Waals surface area contributed by atoms with E-state index in [1.165, 1.54) is 6.33 Å². The van der Waals surface area contributed by atoms with Crippen molar-refractivity contribution in [2.45, 2.75) is 26.3 Å². The maximum absolute atomic E-state index is 5.68. The fourth-order valence-corrected chi connectivity index (χ4v) is 0.966. The van der Waals surface area contributed by atoms with Gasteiger partial charge in [-0.3, -0.25) is 0 Å². The lowest BCUT2D eigenvalue weighted by Crippen LogP contribution is -2.43. The molecule has 0 aromatic carbocycles. The van der Waals surface area contributed by atoms with E-state index in [-0.39, 0.29) is 5.54 Å². The Morgan fingerprint density at radius 2 is 2.00 bits per heavy atom. The van der Waals surface area contributed by atoms with Gasteiger partial charge in [-0.15, -0.1) is 0 Å². The first-order valence-electron chi connectivity index (χ1n) is 5.22. The summed E-state index contributed by atoms with van der Waals surface area (Å²) in [5.74, 6) is 1.02. The number of likely N-dealkylation sites (N-methyl/N-ethyl adjacent to an activating group) is 1. The quantitative estimate of drug-likeness (QED) is 0.829. The number of nitrogens with zero attached hydrogens (tertiary/aromatic N) is 3. The molecule has 1 aromatic rings. The summed E-state index contributed by atoms with van der Waals surface area (Å²) in [6.07, 6.45) is 1.42. The number of nitrogens with two attached hydrogens (primary N) is 1. The molecule has 2 N–H and O–H groups in total. The third-order valence-corrected chi connectivity index (χ3v) is 2.85. The van der Waals surface area contributed by atoms with Crippen LogP contribution in [0.5, 0.6) is 5.88 Å². The van der Waals surface area contributed by atoms with Gasteiger partial charge in [0, 0.05) is 5.54 Å². The predicted octanol–water partition coefficient (Wildman–Crippen LogP) is 1.09. The maximum atomic E-state index is 5.68. The van der Waals surface area contributed by atoms with Crippen LogP contribution in [0.25, 0.3) is 0 Å². The van der Waals surface area contributed by atoms with Gasteiger partial charge >= 0.3 is 0 Å². The molecule has 1 rings (SSSR count). The van der Waals surface area contributed by atoms with Crippen LogP contribution < -0.4 is 10.5 Å². The van der Waals surface area contributed by atoms with Crippen LogP contribution in [-0.2, 0) is 0 Å². The smallest absolute Gasteiger partial charge is 0.221 e. The molecule has 0 saturated carbocycles. The highest BCUT2D eigenvalue weighted by molar-refractivity contribution is 5.43. The minimum atomic E-state index is -0.0495. The Morgan fingerprint density at radius 1 is 1.38 bits per heavy atom. The van der Waals surface area contributed by atoms with E-state index in [0.717, 1.165) is 5.56 Å². The van der Waals surface area contributed by atoms with E-state index >= 15 is 0 Å². The normalized spacial score (nSPS) is 11.9. The van der Waals surface area contributed by atoms with Crippen LogP contribution in [0.15, 0.2) is 6.33 Å². The van der Waals surface area contributed by atoms with Gasteiger partial charge in [0.1, 0.15) is 18.8 Å². The monoisotopic (exact) mass is 224 g/mol. The first kappa shape index (κ1) is 12.7. The molecule has 0 spiro atoms. The van der Waals surface area contributed by atoms with E-state index in [1.54, 1.807) is 0 Å². The Morgan fingerprint density at radius 3 is 2.56 bits per heavy atom. The number of rotatable bonds is 4. The van der Waals surface area contributed by atoms with Gasteiger partial charge in [0.05, 0.1) is 5.56 Å². The van der Waals surface area contributed by atoms with Gasteiger partial charge in [-0.25, -0.2) is 9.97 Å². The van der Waals surface area contributed by atoms with Gasteiger partial charge in [0.2, 0.25) is 5.88 Å². The van der Waals surface area contributed by atoms with Crippen molar-refractivity contribution in [3.8, 4) is 5.88 Å². The summed E-state index contributed by atoms with van der Waals surface area (Å²) in [4.78, 5) is 10.1. The van der Waals surface area contributed by atoms with E-state index < -0.39 is 0 Å². The third-order valence-electron chi connectivity index (χ3n) is 2.85. The van der Waals surface area contributed by atoms with E-state index in [9.17, 15) is 0 Å². The summed E-state index contributed by atoms with van der Waals surface area (Å²) in [6, 6.07) is 0. The van der Waals surface area contributed by atoms with Crippen LogP contribution in [0.4, 0.5) is 5.82 Å². The second kappa shape index (κ2) is 4.65. The van der Waals surface area contributed by atoms with Gasteiger partial charge in [0.15, 0.2) is 0 Å². The van der Waals surface area contributed by atoms with E-state index in [4.69, 9.17) is 10.5 Å². The zero-order valence-corrected chi connectivity index (χ0v) is 10.6. The Hall–Kier alpha value is -1.36. The number of hydrogen-bond donors (Lipinski definition) is 1. The summed E-state index contributed by atoms with van der Waals surface area (Å²) in [5.41, 5.74) is 6.42. The van der Waals surface area contributed by atoms with Gasteiger partial charge in [-0.1, -0.05) is 0 Å². The Bertz CT molecular complexity index is 363. The molecule has 90 valence electrons. The van der Waals surface area contributed by atoms with Crippen molar-refractivity contribution in [3.63, 3.8) is 0 Å². The van der Waals surface area contributed by atoms with Crippen LogP contribution in [0.2, 0.25) is 0 Å². The van der Waals surface area contributed by atoms with Crippen molar-refractivity contribution in [3.05, 3.63) is 11.9 Å². The molecule has 5 heteroatoms. The lowest BCUT2D eigenvalue weighted by atomic mass is 10.1. The molecule has 1 aromatic heterocycles. The fourth-order valence-electron chi connectivity index (χ4n) is 0.966. The van der Waals surface area contributed by atoms with Crippen LogP contribution in [0, 0.1) is 6.92 Å². The average Bonchev–Trinajstić information content (AvgIpc) is 2.20. The molecule has 0 aliphatic carbocycles. The molecule has 0 atom stereocenters. The molecule has 0 radical (unpaired) electrons. The first-order chi connectivity index (χ1) is 7.34. The number of hydrogen-bond acceptors (Lipinski definition) is 5. The fraction of sp³-hybridized carbons (Fsp3) is 0.636. The van der Waals surface area contributed by atoms with E-state index in [2.05, 4.69) is 28.7 Å². The standard InChI is InChI=1S/C11H20N4O/c1-8-9(12)13-7-14-10(8)16-6-11(2,3)15(4)5/h7H,6H2,1-5H3,(H2,12,13,14). The Balaban J connectivity index is 2.72. The van der Waals surface area contributed by atoms with Crippen LogP contribution in [-0.4, -0.2) is 41.1 Å². The van der Waals surface area contributed by atoms with Crippen molar-refractivity contribution in [1.82, 2.24) is 14.9 Å². The van der Waals surface area contributed by atoms with E-state index in [1.807, 2.05) is 21.0 Å². The molecule has 16 heavy (non-hydrogen) atoms. The zero-order chi connectivity index (χ0) is 12.3. The van der Waals surface area contributed by atoms with Crippen LogP contribution >= 0.6 is 0 Å². The van der Waals surface area contributed by atoms with Crippen molar-refractivity contribution in [1.29, 1.82) is 0 Å². The van der Waals surface area contributed by atoms with Gasteiger partial charge in [0.25, 0.3) is 0 Å². The highest BCUT2D eigenvalue weighted by Crippen LogP contribution is 2.19. The average molecular weight is 224 g/mol. The minimum absolute atomic E-state index is 0.0495. The van der Waals surface area contributed by atoms with Crippen LogP contribution in [0.1, 0.15) is 19.4 Å². The van der Waals surface area contributed by atoms with Crippen LogP contribution in [0.3, 0.4) is 0 Å². The number of aromatic nitrogens is 2. The molecule has 5 nitrogen and oxygen atoms in total. The highest BCUT2D eigenvalue weighted by atomic mass is 16.5. The molecule has 0 aliphatic heterocycles. The molecule has 0 bridgehead atoms. The molecule has 1 heterocycles. The molecule has 0 aliphatic rings.